The molecule has 3 N–H and O–H groups in total. The predicted molar refractivity (Wildman–Crippen MR) is 72.5 cm³/mol. The Kier molecular flexibility index (Phi) is 3.23. The molecule has 2 aliphatic rings. The van der Waals surface area contributed by atoms with Crippen LogP contribution >= 0.6 is 11.9 Å². The Morgan fingerprint density at radius 3 is 2.80 bits per heavy atom. The van der Waals surface area contributed by atoms with Crippen molar-refractivity contribution in [2.75, 3.05) is 0 Å². The number of nitrogens with zero attached hydrogens (tertiary/aromatic N) is 1. The standard InChI is InChI=1S/C13H13N3O3S/c14-20-10-3-1-2-7-8(10)6-16(13(7)19)9-4-5-11(17)15-12(9)18/h1-3,9H,4-6,14H2,(H,15,17,18). The molecule has 0 aliphatic carbocycles. The molecule has 0 radical (unpaired) electrons. The molecule has 1 aromatic rings. The van der Waals surface area contributed by atoms with E-state index < -0.39 is 11.9 Å². The second-order valence-corrected chi connectivity index (χ2v) is 5.48. The van der Waals surface area contributed by atoms with Gasteiger partial charge >= 0.3 is 0 Å². The van der Waals surface area contributed by atoms with Gasteiger partial charge in [-0.3, -0.25) is 24.8 Å². The molecule has 0 saturated carbocycles. The van der Waals surface area contributed by atoms with E-state index in [9.17, 15) is 14.4 Å². The van der Waals surface area contributed by atoms with Gasteiger partial charge in [0, 0.05) is 23.4 Å². The topological polar surface area (TPSA) is 92.5 Å². The number of hydrogen-bond acceptors (Lipinski definition) is 5. The second-order valence-electron chi connectivity index (χ2n) is 4.80. The summed E-state index contributed by atoms with van der Waals surface area (Å²) < 4.78 is 0. The summed E-state index contributed by atoms with van der Waals surface area (Å²) in [6.07, 6.45) is 0.629. The zero-order valence-corrected chi connectivity index (χ0v) is 11.4. The van der Waals surface area contributed by atoms with Crippen LogP contribution in [0.3, 0.4) is 0 Å². The summed E-state index contributed by atoms with van der Waals surface area (Å²) in [5.74, 6) is -0.858. The maximum absolute atomic E-state index is 12.4. The molecular weight excluding hydrogens is 278 g/mol. The number of rotatable bonds is 2. The van der Waals surface area contributed by atoms with Crippen LogP contribution in [0.15, 0.2) is 23.1 Å². The molecule has 2 aliphatic heterocycles. The molecule has 2 heterocycles. The van der Waals surface area contributed by atoms with Crippen LogP contribution in [0.25, 0.3) is 0 Å². The van der Waals surface area contributed by atoms with Crippen molar-refractivity contribution >= 4 is 29.7 Å². The molecular formula is C13H13N3O3S. The van der Waals surface area contributed by atoms with Crippen LogP contribution in [-0.4, -0.2) is 28.7 Å². The fourth-order valence-corrected chi connectivity index (χ4v) is 3.14. The van der Waals surface area contributed by atoms with Crippen molar-refractivity contribution < 1.29 is 14.4 Å². The molecule has 104 valence electrons. The van der Waals surface area contributed by atoms with Crippen LogP contribution in [0.2, 0.25) is 0 Å². The highest BCUT2D eigenvalue weighted by atomic mass is 32.2. The smallest absolute Gasteiger partial charge is 0.255 e. The fourth-order valence-electron chi connectivity index (χ4n) is 2.67. The van der Waals surface area contributed by atoms with E-state index in [1.165, 1.54) is 4.90 Å². The van der Waals surface area contributed by atoms with E-state index in [0.717, 1.165) is 22.4 Å². The van der Waals surface area contributed by atoms with E-state index in [1.54, 1.807) is 12.1 Å². The average Bonchev–Trinajstić information content (AvgIpc) is 2.76. The molecule has 0 bridgehead atoms. The summed E-state index contributed by atoms with van der Waals surface area (Å²) in [4.78, 5) is 37.8. The van der Waals surface area contributed by atoms with Crippen LogP contribution in [0.5, 0.6) is 0 Å². The Morgan fingerprint density at radius 2 is 2.10 bits per heavy atom. The maximum Gasteiger partial charge on any atom is 0.255 e. The minimum atomic E-state index is -0.580. The summed E-state index contributed by atoms with van der Waals surface area (Å²) in [7, 11) is 0. The van der Waals surface area contributed by atoms with Crippen molar-refractivity contribution in [1.82, 2.24) is 10.2 Å². The van der Waals surface area contributed by atoms with E-state index in [2.05, 4.69) is 5.32 Å². The first-order valence-corrected chi connectivity index (χ1v) is 7.13. The highest BCUT2D eigenvalue weighted by Crippen LogP contribution is 2.32. The van der Waals surface area contributed by atoms with Crippen molar-refractivity contribution in [2.24, 2.45) is 5.14 Å². The Hall–Kier alpha value is -1.86. The Labute approximate surface area is 119 Å². The second kappa shape index (κ2) is 4.92. The number of nitrogens with one attached hydrogen (secondary N) is 1. The number of carbonyl (C=O) groups excluding carboxylic acids is 3. The molecule has 1 unspecified atom stereocenters. The number of carbonyl (C=O) groups is 3. The molecule has 3 rings (SSSR count). The number of piperidine rings is 1. The van der Waals surface area contributed by atoms with Gasteiger partial charge < -0.3 is 4.90 Å². The molecule has 7 heteroatoms. The van der Waals surface area contributed by atoms with E-state index in [1.807, 2.05) is 6.07 Å². The van der Waals surface area contributed by atoms with Gasteiger partial charge in [0.05, 0.1) is 0 Å². The van der Waals surface area contributed by atoms with E-state index in [4.69, 9.17) is 5.14 Å². The van der Waals surface area contributed by atoms with Crippen molar-refractivity contribution in [2.45, 2.75) is 30.3 Å². The zero-order valence-electron chi connectivity index (χ0n) is 10.6. The van der Waals surface area contributed by atoms with Crippen LogP contribution in [0.4, 0.5) is 0 Å². The maximum atomic E-state index is 12.4. The summed E-state index contributed by atoms with van der Waals surface area (Å²) in [6.45, 7) is 0.362. The third kappa shape index (κ3) is 1.99. The lowest BCUT2D eigenvalue weighted by Crippen LogP contribution is -2.52. The molecule has 0 spiro atoms. The van der Waals surface area contributed by atoms with Gasteiger partial charge in [-0.15, -0.1) is 0 Å². The number of hydrogen-bond donors (Lipinski definition) is 2. The van der Waals surface area contributed by atoms with Crippen LogP contribution in [0, 0.1) is 0 Å². The lowest BCUT2D eigenvalue weighted by molar-refractivity contribution is -0.136. The normalized spacial score (nSPS) is 21.9. The van der Waals surface area contributed by atoms with Crippen molar-refractivity contribution in [3.8, 4) is 0 Å². The van der Waals surface area contributed by atoms with Crippen molar-refractivity contribution in [1.29, 1.82) is 0 Å². The predicted octanol–water partition coefficient (Wildman–Crippen LogP) is 0.413. The molecule has 1 saturated heterocycles. The molecule has 1 atom stereocenters. The summed E-state index contributed by atoms with van der Waals surface area (Å²) >= 11 is 1.09. The number of fused-ring (bicyclic) bond motifs is 1. The number of amides is 3. The van der Waals surface area contributed by atoms with Crippen LogP contribution < -0.4 is 10.5 Å². The first kappa shape index (κ1) is 13.1. The lowest BCUT2D eigenvalue weighted by Gasteiger charge is -2.29. The van der Waals surface area contributed by atoms with Gasteiger partial charge in [-0.2, -0.15) is 0 Å². The summed E-state index contributed by atoms with van der Waals surface area (Å²) in [5.41, 5.74) is 1.44. The van der Waals surface area contributed by atoms with Gasteiger partial charge in [-0.1, -0.05) is 6.07 Å². The van der Waals surface area contributed by atoms with Crippen molar-refractivity contribution in [3.63, 3.8) is 0 Å². The Bertz CT molecular complexity index is 617. The van der Waals surface area contributed by atoms with Crippen LogP contribution in [-0.2, 0) is 16.1 Å². The highest BCUT2D eigenvalue weighted by Gasteiger charge is 2.39. The zero-order chi connectivity index (χ0) is 14.3. The fraction of sp³-hybridized carbons (Fsp3) is 0.308. The van der Waals surface area contributed by atoms with Crippen LogP contribution in [0.1, 0.15) is 28.8 Å². The molecule has 1 aromatic carbocycles. The Morgan fingerprint density at radius 1 is 1.30 bits per heavy atom. The van der Waals surface area contributed by atoms with Gasteiger partial charge in [0.15, 0.2) is 0 Å². The van der Waals surface area contributed by atoms with E-state index in [0.29, 0.717) is 18.5 Å². The number of benzene rings is 1. The first-order chi connectivity index (χ1) is 9.61. The monoisotopic (exact) mass is 291 g/mol. The summed E-state index contributed by atoms with van der Waals surface area (Å²) in [5, 5.41) is 7.88. The van der Waals surface area contributed by atoms with Gasteiger partial charge in [0.25, 0.3) is 5.91 Å². The average molecular weight is 291 g/mol. The number of nitrogens with two attached hydrogens (primary N) is 1. The van der Waals surface area contributed by atoms with Crippen molar-refractivity contribution in [3.05, 3.63) is 29.3 Å². The minimum Gasteiger partial charge on any atom is -0.322 e. The number of imide groups is 1. The third-order valence-electron chi connectivity index (χ3n) is 3.67. The quantitative estimate of drug-likeness (QED) is 0.608. The third-order valence-corrected chi connectivity index (χ3v) is 4.30. The Balaban J connectivity index is 1.90. The van der Waals surface area contributed by atoms with Gasteiger partial charge in [0.1, 0.15) is 6.04 Å². The van der Waals surface area contributed by atoms with Gasteiger partial charge in [0.2, 0.25) is 11.8 Å². The summed E-state index contributed by atoms with van der Waals surface area (Å²) in [6, 6.07) is 4.79. The molecule has 0 aromatic heterocycles. The first-order valence-electron chi connectivity index (χ1n) is 6.25. The minimum absolute atomic E-state index is 0.176. The highest BCUT2D eigenvalue weighted by molar-refractivity contribution is 7.97. The molecule has 20 heavy (non-hydrogen) atoms. The molecule has 1 fully saturated rings. The van der Waals surface area contributed by atoms with Gasteiger partial charge in [-0.25, -0.2) is 0 Å². The largest absolute Gasteiger partial charge is 0.322 e. The van der Waals surface area contributed by atoms with Gasteiger partial charge in [-0.05, 0) is 36.1 Å². The molecule has 3 amide bonds. The van der Waals surface area contributed by atoms with E-state index in [-0.39, 0.29) is 18.2 Å². The lowest BCUT2D eigenvalue weighted by atomic mass is 10.0. The van der Waals surface area contributed by atoms with E-state index >= 15 is 0 Å². The SMILES string of the molecule is NSc1cccc2c1CN(C1CCC(=O)NC1=O)C2=O. The molecule has 6 nitrogen and oxygen atoms in total.